The summed E-state index contributed by atoms with van der Waals surface area (Å²) in [5, 5.41) is 0. The molecule has 4 nitrogen and oxygen atoms in total. The lowest BCUT2D eigenvalue weighted by Crippen LogP contribution is -2.62. The van der Waals surface area contributed by atoms with E-state index in [4.69, 9.17) is 4.89 Å². The predicted octanol–water partition coefficient (Wildman–Crippen LogP) is 3.85. The number of halogens is 7. The third-order valence-electron chi connectivity index (χ3n) is 2.57. The lowest BCUT2D eigenvalue weighted by Gasteiger charge is -2.35. The SMILES string of the molecule is CCCCC1(F)OP(=O)(O)OC(F)(F)C(F)(F)C1(F)F. The van der Waals surface area contributed by atoms with Crippen LogP contribution in [0.25, 0.3) is 0 Å². The molecule has 1 aliphatic rings. The second-order valence-electron chi connectivity index (χ2n) is 4.15. The molecule has 1 rings (SSSR count). The van der Waals surface area contributed by atoms with Crippen LogP contribution in [0.1, 0.15) is 26.2 Å². The second-order valence-corrected chi connectivity index (χ2v) is 5.45. The zero-order valence-corrected chi connectivity index (χ0v) is 10.8. The Morgan fingerprint density at radius 3 is 1.95 bits per heavy atom. The lowest BCUT2D eigenvalue weighted by atomic mass is 9.97. The molecule has 2 unspecified atom stereocenters. The molecule has 120 valence electrons. The van der Waals surface area contributed by atoms with E-state index in [9.17, 15) is 35.3 Å². The van der Waals surface area contributed by atoms with Gasteiger partial charge in [-0.15, -0.1) is 0 Å². The zero-order chi connectivity index (χ0) is 16.0. The van der Waals surface area contributed by atoms with Gasteiger partial charge in [0.15, 0.2) is 0 Å². The van der Waals surface area contributed by atoms with E-state index in [1.54, 1.807) is 0 Å². The Balaban J connectivity index is 3.42. The molecular weight excluding hydrogens is 324 g/mol. The van der Waals surface area contributed by atoms with Gasteiger partial charge in [-0.1, -0.05) is 13.3 Å². The summed E-state index contributed by atoms with van der Waals surface area (Å²) in [4.78, 5) is 8.71. The van der Waals surface area contributed by atoms with Crippen LogP contribution in [0.3, 0.4) is 0 Å². The summed E-state index contributed by atoms with van der Waals surface area (Å²) in [6, 6.07) is 0. The number of hydrogen-bond donors (Lipinski definition) is 1. The van der Waals surface area contributed by atoms with Crippen molar-refractivity contribution in [1.29, 1.82) is 0 Å². The minimum absolute atomic E-state index is 0.0175. The van der Waals surface area contributed by atoms with E-state index < -0.39 is 44.5 Å². The molecule has 0 saturated carbocycles. The monoisotopic (exact) mass is 334 g/mol. The third-order valence-corrected chi connectivity index (χ3v) is 3.55. The molecule has 0 aromatic heterocycles. The maximum Gasteiger partial charge on any atom is 0.480 e. The van der Waals surface area contributed by atoms with Crippen LogP contribution in [0.5, 0.6) is 0 Å². The first-order valence-electron chi connectivity index (χ1n) is 5.29. The van der Waals surface area contributed by atoms with Crippen molar-refractivity contribution < 1.29 is 49.2 Å². The Morgan fingerprint density at radius 2 is 1.50 bits per heavy atom. The van der Waals surface area contributed by atoms with Crippen molar-refractivity contribution in [1.82, 2.24) is 0 Å². The highest BCUT2D eigenvalue weighted by Gasteiger charge is 2.85. The molecule has 1 aliphatic heterocycles. The normalized spacial score (nSPS) is 39.2. The molecule has 0 aromatic rings. The minimum Gasteiger partial charge on any atom is -0.302 e. The van der Waals surface area contributed by atoms with Crippen LogP contribution >= 0.6 is 7.82 Å². The van der Waals surface area contributed by atoms with Gasteiger partial charge in [-0.3, -0.25) is 0 Å². The van der Waals surface area contributed by atoms with Gasteiger partial charge in [0, 0.05) is 6.42 Å². The van der Waals surface area contributed by atoms with Crippen molar-refractivity contribution in [3.63, 3.8) is 0 Å². The number of unbranched alkanes of at least 4 members (excludes halogenated alkanes) is 1. The average Bonchev–Trinajstić information content (AvgIpc) is 2.24. The van der Waals surface area contributed by atoms with Crippen molar-refractivity contribution in [3.05, 3.63) is 0 Å². The Kier molecular flexibility index (Phi) is 4.26. The fraction of sp³-hybridized carbons (Fsp3) is 1.00. The highest BCUT2D eigenvalue weighted by molar-refractivity contribution is 7.47. The lowest BCUT2D eigenvalue weighted by molar-refractivity contribution is -0.399. The van der Waals surface area contributed by atoms with E-state index in [1.165, 1.54) is 6.92 Å². The molecule has 0 aromatic carbocycles. The van der Waals surface area contributed by atoms with Crippen LogP contribution in [-0.4, -0.2) is 28.7 Å². The van der Waals surface area contributed by atoms with Gasteiger partial charge in [-0.05, 0) is 6.42 Å². The van der Waals surface area contributed by atoms with E-state index in [0.717, 1.165) is 0 Å². The van der Waals surface area contributed by atoms with Gasteiger partial charge in [0.1, 0.15) is 0 Å². The molecule has 1 heterocycles. The van der Waals surface area contributed by atoms with Gasteiger partial charge in [-0.2, -0.15) is 26.3 Å². The Morgan fingerprint density at radius 1 is 1.00 bits per heavy atom. The maximum absolute atomic E-state index is 13.9. The summed E-state index contributed by atoms with van der Waals surface area (Å²) < 4.78 is 110. The first kappa shape index (κ1) is 17.7. The molecule has 0 aliphatic carbocycles. The van der Waals surface area contributed by atoms with E-state index in [1.807, 2.05) is 0 Å². The molecule has 1 N–H and O–H groups in total. The van der Waals surface area contributed by atoms with Gasteiger partial charge in [0.2, 0.25) is 0 Å². The summed E-state index contributed by atoms with van der Waals surface area (Å²) in [5.74, 6) is -17.2. The molecule has 1 fully saturated rings. The van der Waals surface area contributed by atoms with Crippen molar-refractivity contribution in [2.45, 2.75) is 50.0 Å². The van der Waals surface area contributed by atoms with Gasteiger partial charge >= 0.3 is 25.8 Å². The number of phosphoric ester groups is 1. The molecule has 0 radical (unpaired) electrons. The van der Waals surface area contributed by atoms with E-state index in [-0.39, 0.29) is 6.42 Å². The fourth-order valence-electron chi connectivity index (χ4n) is 1.49. The first-order valence-corrected chi connectivity index (χ1v) is 6.78. The van der Waals surface area contributed by atoms with Crippen molar-refractivity contribution >= 4 is 7.82 Å². The van der Waals surface area contributed by atoms with Crippen LogP contribution < -0.4 is 0 Å². The standard InChI is InChI=1S/C8H10F7O4P/c1-2-3-4-5(9)6(10,11)7(12,13)8(14,15)19-20(16,17)18-5/h2-4H2,1H3,(H,16,17). The van der Waals surface area contributed by atoms with Crippen molar-refractivity contribution in [3.8, 4) is 0 Å². The summed E-state index contributed by atoms with van der Waals surface area (Å²) in [6.45, 7) is 1.36. The molecule has 1 saturated heterocycles. The molecule has 0 bridgehead atoms. The number of alkyl halides is 7. The zero-order valence-electron chi connectivity index (χ0n) is 9.89. The van der Waals surface area contributed by atoms with E-state index in [0.29, 0.717) is 0 Å². The fourth-order valence-corrected chi connectivity index (χ4v) is 2.50. The first-order chi connectivity index (χ1) is 8.72. The Labute approximate surface area is 108 Å². The predicted molar refractivity (Wildman–Crippen MR) is 50.2 cm³/mol. The summed E-state index contributed by atoms with van der Waals surface area (Å²) in [6.07, 6.45) is -8.03. The van der Waals surface area contributed by atoms with Crippen LogP contribution in [-0.2, 0) is 13.6 Å². The van der Waals surface area contributed by atoms with Crippen LogP contribution in [0, 0.1) is 0 Å². The topological polar surface area (TPSA) is 55.8 Å². The Hall–Kier alpha value is -0.380. The number of hydrogen-bond acceptors (Lipinski definition) is 3. The van der Waals surface area contributed by atoms with E-state index in [2.05, 4.69) is 9.05 Å². The second kappa shape index (κ2) is 4.82. The highest BCUT2D eigenvalue weighted by Crippen LogP contribution is 2.66. The summed E-state index contributed by atoms with van der Waals surface area (Å²) in [5.41, 5.74) is 0. The van der Waals surface area contributed by atoms with Crippen molar-refractivity contribution in [2.75, 3.05) is 0 Å². The molecular formula is C8H10F7O4P. The van der Waals surface area contributed by atoms with Gasteiger partial charge in [0.05, 0.1) is 0 Å². The highest BCUT2D eigenvalue weighted by atomic mass is 31.2. The van der Waals surface area contributed by atoms with Gasteiger partial charge in [-0.25, -0.2) is 18.0 Å². The quantitative estimate of drug-likeness (QED) is 0.629. The average molecular weight is 334 g/mol. The summed E-state index contributed by atoms with van der Waals surface area (Å²) in [7, 11) is -6.16. The largest absolute Gasteiger partial charge is 0.480 e. The van der Waals surface area contributed by atoms with E-state index >= 15 is 0 Å². The Bertz CT molecular complexity index is 429. The third kappa shape index (κ3) is 2.56. The maximum atomic E-state index is 13.9. The molecule has 2 atom stereocenters. The molecule has 0 amide bonds. The smallest absolute Gasteiger partial charge is 0.302 e. The van der Waals surface area contributed by atoms with Crippen molar-refractivity contribution in [2.24, 2.45) is 0 Å². The number of phosphoric acid groups is 1. The minimum atomic E-state index is -6.38. The van der Waals surface area contributed by atoms with Gasteiger partial charge in [0.25, 0.3) is 5.85 Å². The molecule has 20 heavy (non-hydrogen) atoms. The number of rotatable bonds is 3. The molecule has 0 spiro atoms. The van der Waals surface area contributed by atoms with Gasteiger partial charge < -0.3 is 4.89 Å². The van der Waals surface area contributed by atoms with Crippen LogP contribution in [0.2, 0.25) is 0 Å². The van der Waals surface area contributed by atoms with Crippen LogP contribution in [0.15, 0.2) is 0 Å². The van der Waals surface area contributed by atoms with Crippen LogP contribution in [0.4, 0.5) is 30.7 Å². The molecule has 12 heteroatoms. The summed E-state index contributed by atoms with van der Waals surface area (Å²) >= 11 is 0.